The van der Waals surface area contributed by atoms with Crippen molar-refractivity contribution in [2.75, 3.05) is 26.1 Å². The van der Waals surface area contributed by atoms with Gasteiger partial charge in [0, 0.05) is 20.1 Å². The van der Waals surface area contributed by atoms with E-state index in [2.05, 4.69) is 0 Å². The molecule has 0 aliphatic carbocycles. The number of methoxy groups -OCH3 is 1. The topological polar surface area (TPSA) is 61.5 Å². The Balaban J connectivity index is 2.72. The normalized spacial score (nSPS) is 10.3. The number of hydrogen-bond acceptors (Lipinski definition) is 4. The number of carbonyl (C=O) groups excluding carboxylic acids is 1. The molecule has 0 saturated carbocycles. The largest absolute Gasteiger partial charge is 0.462 e. The van der Waals surface area contributed by atoms with Gasteiger partial charge in [0.1, 0.15) is 5.56 Å². The third kappa shape index (κ3) is 3.77. The molecule has 0 aromatic heterocycles. The second kappa shape index (κ2) is 6.69. The molecule has 0 aliphatic rings. The van der Waals surface area contributed by atoms with Crippen LogP contribution in [0.4, 0.5) is 5.69 Å². The first-order valence-corrected chi connectivity index (χ1v) is 5.73. The standard InChI is InChI=1S/C11H13Cl2NO3/c1-16-5-2-6-17-11(15)9-7(12)3-4-8(13)10(9)14/h3-4H,2,5-6,14H2,1H3. The zero-order chi connectivity index (χ0) is 12.8. The molecule has 1 aromatic carbocycles. The summed E-state index contributed by atoms with van der Waals surface area (Å²) in [5.41, 5.74) is 5.92. The lowest BCUT2D eigenvalue weighted by Gasteiger charge is -2.09. The average Bonchev–Trinajstić information content (AvgIpc) is 2.30. The molecule has 0 atom stereocenters. The molecule has 0 saturated heterocycles. The number of nitrogens with two attached hydrogens (primary N) is 1. The van der Waals surface area contributed by atoms with Gasteiger partial charge >= 0.3 is 5.97 Å². The van der Waals surface area contributed by atoms with Crippen molar-refractivity contribution in [3.8, 4) is 0 Å². The maximum atomic E-state index is 11.7. The van der Waals surface area contributed by atoms with Crippen LogP contribution in [0.25, 0.3) is 0 Å². The Labute approximate surface area is 110 Å². The molecular formula is C11H13Cl2NO3. The van der Waals surface area contributed by atoms with Crippen molar-refractivity contribution in [1.82, 2.24) is 0 Å². The van der Waals surface area contributed by atoms with E-state index in [1.807, 2.05) is 0 Å². The first kappa shape index (κ1) is 14.1. The van der Waals surface area contributed by atoms with Crippen molar-refractivity contribution in [3.63, 3.8) is 0 Å². The van der Waals surface area contributed by atoms with E-state index in [1.165, 1.54) is 12.1 Å². The lowest BCUT2D eigenvalue weighted by Crippen LogP contribution is -2.11. The molecule has 94 valence electrons. The summed E-state index contributed by atoms with van der Waals surface area (Å²) in [6.07, 6.45) is 0.611. The van der Waals surface area contributed by atoms with Crippen LogP contribution in [0.1, 0.15) is 16.8 Å². The molecule has 0 heterocycles. The number of esters is 1. The minimum Gasteiger partial charge on any atom is -0.462 e. The van der Waals surface area contributed by atoms with Gasteiger partial charge in [0.25, 0.3) is 0 Å². The number of anilines is 1. The molecule has 17 heavy (non-hydrogen) atoms. The van der Waals surface area contributed by atoms with Crippen molar-refractivity contribution in [3.05, 3.63) is 27.7 Å². The van der Waals surface area contributed by atoms with Gasteiger partial charge < -0.3 is 15.2 Å². The van der Waals surface area contributed by atoms with Crippen LogP contribution in [-0.4, -0.2) is 26.3 Å². The van der Waals surface area contributed by atoms with Gasteiger partial charge in [0.05, 0.1) is 22.3 Å². The molecule has 0 amide bonds. The zero-order valence-electron chi connectivity index (χ0n) is 9.33. The molecule has 0 fully saturated rings. The maximum absolute atomic E-state index is 11.7. The fraction of sp³-hybridized carbons (Fsp3) is 0.364. The molecule has 0 bridgehead atoms. The van der Waals surface area contributed by atoms with Crippen LogP contribution in [0.5, 0.6) is 0 Å². The molecule has 1 aromatic rings. The van der Waals surface area contributed by atoms with Gasteiger partial charge in [-0.15, -0.1) is 0 Å². The predicted molar refractivity (Wildman–Crippen MR) is 67.6 cm³/mol. The minimum atomic E-state index is -0.578. The van der Waals surface area contributed by atoms with E-state index in [0.29, 0.717) is 13.0 Å². The zero-order valence-corrected chi connectivity index (χ0v) is 10.8. The van der Waals surface area contributed by atoms with Gasteiger partial charge in [-0.3, -0.25) is 0 Å². The highest BCUT2D eigenvalue weighted by Crippen LogP contribution is 2.29. The molecule has 0 spiro atoms. The van der Waals surface area contributed by atoms with Crippen LogP contribution >= 0.6 is 23.2 Å². The van der Waals surface area contributed by atoms with Gasteiger partial charge in [-0.1, -0.05) is 23.2 Å². The van der Waals surface area contributed by atoms with Crippen molar-refractivity contribution < 1.29 is 14.3 Å². The Morgan fingerprint density at radius 3 is 2.59 bits per heavy atom. The van der Waals surface area contributed by atoms with Crippen LogP contribution in [0, 0.1) is 0 Å². The highest BCUT2D eigenvalue weighted by molar-refractivity contribution is 6.38. The number of rotatable bonds is 5. The fourth-order valence-corrected chi connectivity index (χ4v) is 1.61. The third-order valence-electron chi connectivity index (χ3n) is 2.07. The van der Waals surface area contributed by atoms with E-state index in [1.54, 1.807) is 7.11 Å². The summed E-state index contributed by atoms with van der Waals surface area (Å²) >= 11 is 11.7. The number of benzene rings is 1. The van der Waals surface area contributed by atoms with Crippen LogP contribution in [0.2, 0.25) is 10.0 Å². The van der Waals surface area contributed by atoms with E-state index < -0.39 is 5.97 Å². The first-order valence-electron chi connectivity index (χ1n) is 4.97. The summed E-state index contributed by atoms with van der Waals surface area (Å²) in [6.45, 7) is 0.765. The van der Waals surface area contributed by atoms with Gasteiger partial charge in [-0.2, -0.15) is 0 Å². The van der Waals surface area contributed by atoms with Crippen molar-refractivity contribution in [2.24, 2.45) is 0 Å². The fourth-order valence-electron chi connectivity index (χ4n) is 1.22. The quantitative estimate of drug-likeness (QED) is 0.511. The number of hydrogen-bond donors (Lipinski definition) is 1. The van der Waals surface area contributed by atoms with E-state index in [9.17, 15) is 4.79 Å². The van der Waals surface area contributed by atoms with Gasteiger partial charge in [-0.05, 0) is 12.1 Å². The monoisotopic (exact) mass is 277 g/mol. The summed E-state index contributed by atoms with van der Waals surface area (Å²) in [6, 6.07) is 3.03. The number of halogens is 2. The summed E-state index contributed by atoms with van der Waals surface area (Å²) in [5, 5.41) is 0.502. The number of ether oxygens (including phenoxy) is 2. The van der Waals surface area contributed by atoms with E-state index in [4.69, 9.17) is 38.4 Å². The highest BCUT2D eigenvalue weighted by Gasteiger charge is 2.17. The smallest absolute Gasteiger partial charge is 0.341 e. The molecule has 0 radical (unpaired) electrons. The first-order chi connectivity index (χ1) is 8.07. The molecule has 4 nitrogen and oxygen atoms in total. The molecule has 0 aliphatic heterocycles. The Morgan fingerprint density at radius 1 is 1.29 bits per heavy atom. The van der Waals surface area contributed by atoms with Crippen molar-refractivity contribution in [2.45, 2.75) is 6.42 Å². The summed E-state index contributed by atoms with van der Waals surface area (Å²) in [5.74, 6) is -0.578. The average molecular weight is 278 g/mol. The minimum absolute atomic E-state index is 0.108. The number of carbonyl (C=O) groups is 1. The van der Waals surface area contributed by atoms with Gasteiger partial charge in [-0.25, -0.2) is 4.79 Å². The van der Waals surface area contributed by atoms with Gasteiger partial charge in [0.15, 0.2) is 0 Å². The maximum Gasteiger partial charge on any atom is 0.341 e. The van der Waals surface area contributed by atoms with Crippen LogP contribution < -0.4 is 5.73 Å². The Morgan fingerprint density at radius 2 is 1.94 bits per heavy atom. The van der Waals surface area contributed by atoms with Crippen molar-refractivity contribution >= 4 is 34.9 Å². The lowest BCUT2D eigenvalue weighted by molar-refractivity contribution is 0.0470. The molecule has 0 unspecified atom stereocenters. The SMILES string of the molecule is COCCCOC(=O)c1c(Cl)ccc(Cl)c1N. The van der Waals surface area contributed by atoms with E-state index in [-0.39, 0.29) is 27.9 Å². The summed E-state index contributed by atoms with van der Waals surface area (Å²) in [7, 11) is 1.58. The molecular weight excluding hydrogens is 265 g/mol. The lowest BCUT2D eigenvalue weighted by atomic mass is 10.2. The predicted octanol–water partition coefficient (Wildman–Crippen LogP) is 2.77. The molecule has 6 heteroatoms. The third-order valence-corrected chi connectivity index (χ3v) is 2.72. The Kier molecular flexibility index (Phi) is 5.55. The molecule has 1 rings (SSSR count). The van der Waals surface area contributed by atoms with Crippen molar-refractivity contribution in [1.29, 1.82) is 0 Å². The Bertz CT molecular complexity index is 410. The second-order valence-corrected chi connectivity index (χ2v) is 4.11. The van der Waals surface area contributed by atoms with Gasteiger partial charge in [0.2, 0.25) is 0 Å². The van der Waals surface area contributed by atoms with Crippen LogP contribution in [0.3, 0.4) is 0 Å². The molecule has 2 N–H and O–H groups in total. The summed E-state index contributed by atoms with van der Waals surface area (Å²) in [4.78, 5) is 11.7. The van der Waals surface area contributed by atoms with E-state index in [0.717, 1.165) is 0 Å². The highest BCUT2D eigenvalue weighted by atomic mass is 35.5. The number of nitrogen functional groups attached to an aromatic ring is 1. The van der Waals surface area contributed by atoms with Crippen LogP contribution in [-0.2, 0) is 9.47 Å². The Hall–Kier alpha value is -0.970. The van der Waals surface area contributed by atoms with Crippen LogP contribution in [0.15, 0.2) is 12.1 Å². The van der Waals surface area contributed by atoms with E-state index >= 15 is 0 Å². The summed E-state index contributed by atoms with van der Waals surface area (Å²) < 4.78 is 9.84. The second-order valence-electron chi connectivity index (χ2n) is 3.30.